The highest BCUT2D eigenvalue weighted by Crippen LogP contribution is 2.19. The molecule has 100 valence electrons. The van der Waals surface area contributed by atoms with E-state index in [4.69, 9.17) is 11.6 Å². The van der Waals surface area contributed by atoms with E-state index in [1.165, 1.54) is 11.1 Å². The van der Waals surface area contributed by atoms with E-state index >= 15 is 0 Å². The summed E-state index contributed by atoms with van der Waals surface area (Å²) < 4.78 is 2.12. The van der Waals surface area contributed by atoms with Gasteiger partial charge in [0.15, 0.2) is 5.15 Å². The number of halogens is 1. The molecule has 0 aliphatic rings. The van der Waals surface area contributed by atoms with Crippen LogP contribution in [0.2, 0.25) is 5.15 Å². The predicted octanol–water partition coefficient (Wildman–Crippen LogP) is 4.18. The van der Waals surface area contributed by atoms with Crippen LogP contribution in [-0.4, -0.2) is 9.55 Å². The zero-order valence-corrected chi connectivity index (χ0v) is 11.8. The molecule has 1 heterocycles. The third-order valence-electron chi connectivity index (χ3n) is 3.31. The number of hydrogen-bond donors (Lipinski definition) is 0. The van der Waals surface area contributed by atoms with Gasteiger partial charge in [-0.2, -0.15) is 0 Å². The van der Waals surface area contributed by atoms with Crippen LogP contribution in [0.15, 0.2) is 67.0 Å². The number of aromatic nitrogens is 2. The Morgan fingerprint density at radius 3 is 2.10 bits per heavy atom. The van der Waals surface area contributed by atoms with Crippen molar-refractivity contribution in [1.82, 2.24) is 9.55 Å². The average molecular weight is 283 g/mol. The second-order valence-corrected chi connectivity index (χ2v) is 5.12. The molecule has 20 heavy (non-hydrogen) atoms. The molecule has 0 aliphatic heterocycles. The summed E-state index contributed by atoms with van der Waals surface area (Å²) in [6.45, 7) is 0.794. The molecular formula is C17H15ClN2. The molecule has 0 atom stereocenters. The van der Waals surface area contributed by atoms with E-state index in [9.17, 15) is 0 Å². The fourth-order valence-corrected chi connectivity index (χ4v) is 2.48. The van der Waals surface area contributed by atoms with Crippen molar-refractivity contribution in [1.29, 1.82) is 0 Å². The van der Waals surface area contributed by atoms with E-state index in [2.05, 4.69) is 33.8 Å². The number of nitrogens with zero attached hydrogens (tertiary/aromatic N) is 2. The SMILES string of the molecule is Clc1ncn(Cc2ccccc2)c1Cc1ccccc1. The molecule has 0 radical (unpaired) electrons. The van der Waals surface area contributed by atoms with Gasteiger partial charge in [0.2, 0.25) is 0 Å². The topological polar surface area (TPSA) is 17.8 Å². The van der Waals surface area contributed by atoms with Crippen LogP contribution in [0.3, 0.4) is 0 Å². The molecule has 0 aliphatic carbocycles. The maximum Gasteiger partial charge on any atom is 0.150 e. The highest BCUT2D eigenvalue weighted by Gasteiger charge is 2.10. The summed E-state index contributed by atoms with van der Waals surface area (Å²) in [6, 6.07) is 20.7. The summed E-state index contributed by atoms with van der Waals surface area (Å²) in [5.74, 6) is 0. The minimum atomic E-state index is 0.588. The van der Waals surface area contributed by atoms with Gasteiger partial charge in [-0.1, -0.05) is 72.3 Å². The molecule has 2 nitrogen and oxygen atoms in total. The van der Waals surface area contributed by atoms with Crippen molar-refractivity contribution < 1.29 is 0 Å². The van der Waals surface area contributed by atoms with Crippen LogP contribution in [0.1, 0.15) is 16.8 Å². The fourth-order valence-electron chi connectivity index (χ4n) is 2.26. The van der Waals surface area contributed by atoms with Crippen molar-refractivity contribution in [3.63, 3.8) is 0 Å². The largest absolute Gasteiger partial charge is 0.328 e. The lowest BCUT2D eigenvalue weighted by Crippen LogP contribution is -2.04. The van der Waals surface area contributed by atoms with Gasteiger partial charge >= 0.3 is 0 Å². The van der Waals surface area contributed by atoms with Crippen LogP contribution in [0, 0.1) is 0 Å². The van der Waals surface area contributed by atoms with Crippen molar-refractivity contribution >= 4 is 11.6 Å². The van der Waals surface area contributed by atoms with Crippen molar-refractivity contribution in [3.8, 4) is 0 Å². The van der Waals surface area contributed by atoms with Gasteiger partial charge in [-0.3, -0.25) is 0 Å². The molecule has 3 rings (SSSR count). The monoisotopic (exact) mass is 282 g/mol. The quantitative estimate of drug-likeness (QED) is 0.702. The normalized spacial score (nSPS) is 10.7. The molecule has 0 fully saturated rings. The first-order valence-corrected chi connectivity index (χ1v) is 6.98. The molecule has 1 aromatic heterocycles. The first kappa shape index (κ1) is 12.9. The molecule has 0 bridgehead atoms. The van der Waals surface area contributed by atoms with Crippen molar-refractivity contribution in [2.75, 3.05) is 0 Å². The Morgan fingerprint density at radius 2 is 1.45 bits per heavy atom. The molecule has 3 heteroatoms. The fraction of sp³-hybridized carbons (Fsp3) is 0.118. The number of rotatable bonds is 4. The third kappa shape index (κ3) is 2.91. The second-order valence-electron chi connectivity index (χ2n) is 4.76. The summed E-state index contributed by atoms with van der Waals surface area (Å²) in [7, 11) is 0. The van der Waals surface area contributed by atoms with E-state index in [0.29, 0.717) is 5.15 Å². The van der Waals surface area contributed by atoms with Gasteiger partial charge in [0, 0.05) is 13.0 Å². The molecular weight excluding hydrogens is 268 g/mol. The van der Waals surface area contributed by atoms with Crippen LogP contribution in [-0.2, 0) is 13.0 Å². The van der Waals surface area contributed by atoms with Gasteiger partial charge in [0.05, 0.1) is 12.0 Å². The average Bonchev–Trinajstić information content (AvgIpc) is 2.83. The second kappa shape index (κ2) is 5.93. The van der Waals surface area contributed by atoms with Gasteiger partial charge < -0.3 is 4.57 Å². The summed E-state index contributed by atoms with van der Waals surface area (Å²) in [4.78, 5) is 4.24. The molecule has 0 saturated carbocycles. The van der Waals surface area contributed by atoms with Crippen LogP contribution in [0.4, 0.5) is 0 Å². The van der Waals surface area contributed by atoms with Crippen molar-refractivity contribution in [2.24, 2.45) is 0 Å². The number of hydrogen-bond acceptors (Lipinski definition) is 1. The van der Waals surface area contributed by atoms with Gasteiger partial charge in [0.1, 0.15) is 0 Å². The first-order chi connectivity index (χ1) is 9.83. The minimum Gasteiger partial charge on any atom is -0.328 e. The summed E-state index contributed by atoms with van der Waals surface area (Å²) in [5, 5.41) is 0.588. The van der Waals surface area contributed by atoms with E-state index < -0.39 is 0 Å². The lowest BCUT2D eigenvalue weighted by Gasteiger charge is -2.09. The van der Waals surface area contributed by atoms with Crippen LogP contribution >= 0.6 is 11.6 Å². The Bertz CT molecular complexity index is 675. The van der Waals surface area contributed by atoms with E-state index in [1.807, 2.05) is 42.7 Å². The van der Waals surface area contributed by atoms with Crippen LogP contribution in [0.25, 0.3) is 0 Å². The van der Waals surface area contributed by atoms with Crippen molar-refractivity contribution in [3.05, 3.63) is 89.0 Å². The van der Waals surface area contributed by atoms with Crippen LogP contribution < -0.4 is 0 Å². The zero-order valence-electron chi connectivity index (χ0n) is 11.0. The first-order valence-electron chi connectivity index (χ1n) is 6.60. The Hall–Kier alpha value is -2.06. The van der Waals surface area contributed by atoms with Crippen molar-refractivity contribution in [2.45, 2.75) is 13.0 Å². The lowest BCUT2D eigenvalue weighted by molar-refractivity contribution is 0.753. The van der Waals surface area contributed by atoms with E-state index in [-0.39, 0.29) is 0 Å². The molecule has 0 saturated heterocycles. The molecule has 3 aromatic rings. The smallest absolute Gasteiger partial charge is 0.150 e. The van der Waals surface area contributed by atoms with Gasteiger partial charge in [-0.15, -0.1) is 0 Å². The summed E-state index contributed by atoms with van der Waals surface area (Å²) in [6.07, 6.45) is 2.61. The maximum absolute atomic E-state index is 6.23. The standard InChI is InChI=1S/C17H15ClN2/c18-17-16(11-14-7-3-1-4-8-14)20(13-19-17)12-15-9-5-2-6-10-15/h1-10,13H,11-12H2. The van der Waals surface area contributed by atoms with Gasteiger partial charge in [-0.25, -0.2) is 4.98 Å². The summed E-state index contributed by atoms with van der Waals surface area (Å²) >= 11 is 6.23. The molecule has 0 amide bonds. The predicted molar refractivity (Wildman–Crippen MR) is 82.0 cm³/mol. The summed E-state index contributed by atoms with van der Waals surface area (Å²) in [5.41, 5.74) is 3.54. The van der Waals surface area contributed by atoms with E-state index in [0.717, 1.165) is 18.7 Å². The Kier molecular flexibility index (Phi) is 3.84. The maximum atomic E-state index is 6.23. The Labute approximate surface area is 123 Å². The Morgan fingerprint density at radius 1 is 0.850 bits per heavy atom. The van der Waals surface area contributed by atoms with Gasteiger partial charge in [0.25, 0.3) is 0 Å². The Balaban J connectivity index is 1.86. The zero-order chi connectivity index (χ0) is 13.8. The molecule has 0 unspecified atom stereocenters. The highest BCUT2D eigenvalue weighted by atomic mass is 35.5. The molecule has 2 aromatic carbocycles. The third-order valence-corrected chi connectivity index (χ3v) is 3.62. The van der Waals surface area contributed by atoms with Crippen LogP contribution in [0.5, 0.6) is 0 Å². The molecule has 0 spiro atoms. The molecule has 0 N–H and O–H groups in total. The lowest BCUT2D eigenvalue weighted by atomic mass is 10.1. The highest BCUT2D eigenvalue weighted by molar-refractivity contribution is 6.30. The van der Waals surface area contributed by atoms with E-state index in [1.54, 1.807) is 0 Å². The minimum absolute atomic E-state index is 0.588. The number of imidazole rings is 1. The number of benzene rings is 2. The van der Waals surface area contributed by atoms with Gasteiger partial charge in [-0.05, 0) is 11.1 Å².